The van der Waals surface area contributed by atoms with Gasteiger partial charge in [0.05, 0.1) is 7.11 Å². The highest BCUT2D eigenvalue weighted by Gasteiger charge is 2.34. The van der Waals surface area contributed by atoms with E-state index < -0.39 is 5.92 Å². The van der Waals surface area contributed by atoms with E-state index in [0.29, 0.717) is 22.3 Å². The lowest BCUT2D eigenvalue weighted by atomic mass is 9.78. The molecule has 1 heterocycles. The third kappa shape index (κ3) is 4.62. The minimum absolute atomic E-state index is 0.116. The lowest BCUT2D eigenvalue weighted by Crippen LogP contribution is -2.28. The third-order valence-corrected chi connectivity index (χ3v) is 6.28. The van der Waals surface area contributed by atoms with E-state index in [4.69, 9.17) is 4.74 Å². The Balaban J connectivity index is 1.69. The van der Waals surface area contributed by atoms with Gasteiger partial charge >= 0.3 is 0 Å². The number of rotatable bonds is 7. The summed E-state index contributed by atoms with van der Waals surface area (Å²) in [4.78, 5) is 29.7. The lowest BCUT2D eigenvalue weighted by molar-refractivity contribution is 0.101. The highest BCUT2D eigenvalue weighted by atomic mass is 16.5. The van der Waals surface area contributed by atoms with Crippen molar-refractivity contribution in [2.75, 3.05) is 12.0 Å². The van der Waals surface area contributed by atoms with Crippen molar-refractivity contribution in [2.24, 2.45) is 0 Å². The van der Waals surface area contributed by atoms with Crippen LogP contribution in [0.15, 0.2) is 139 Å². The van der Waals surface area contributed by atoms with E-state index in [0.717, 1.165) is 17.0 Å². The SMILES string of the molecule is COc1ccc(N2C=C(C(=O)c3ccccc3)C(c3ccccc3)C(C(=O)c3ccccc3)=C2)cc1. The van der Waals surface area contributed by atoms with Crippen LogP contribution in [0.2, 0.25) is 0 Å². The molecular formula is C32H25NO3. The van der Waals surface area contributed by atoms with E-state index >= 15 is 0 Å². The fraction of sp³-hybridized carbons (Fsp3) is 0.0625. The molecule has 0 N–H and O–H groups in total. The molecule has 0 saturated heterocycles. The van der Waals surface area contributed by atoms with E-state index in [9.17, 15) is 9.59 Å². The number of ether oxygens (including phenoxy) is 1. The average molecular weight is 472 g/mol. The summed E-state index contributed by atoms with van der Waals surface area (Å²) in [6.07, 6.45) is 3.69. The summed E-state index contributed by atoms with van der Waals surface area (Å²) >= 11 is 0. The summed E-state index contributed by atoms with van der Waals surface area (Å²) in [5, 5.41) is 0. The molecule has 176 valence electrons. The van der Waals surface area contributed by atoms with E-state index in [1.807, 2.05) is 108 Å². The van der Waals surface area contributed by atoms with Gasteiger partial charge < -0.3 is 9.64 Å². The second-order valence-corrected chi connectivity index (χ2v) is 8.51. The Hall–Kier alpha value is -4.70. The number of benzene rings is 4. The molecule has 0 aromatic heterocycles. The highest BCUT2D eigenvalue weighted by molar-refractivity contribution is 6.16. The number of hydrogen-bond acceptors (Lipinski definition) is 4. The van der Waals surface area contributed by atoms with Crippen molar-refractivity contribution < 1.29 is 14.3 Å². The normalized spacial score (nSPS) is 13.5. The predicted molar refractivity (Wildman–Crippen MR) is 142 cm³/mol. The molecule has 4 nitrogen and oxygen atoms in total. The molecule has 4 aromatic carbocycles. The minimum Gasteiger partial charge on any atom is -0.497 e. The quantitative estimate of drug-likeness (QED) is 0.277. The van der Waals surface area contributed by atoms with Crippen LogP contribution in [0.5, 0.6) is 5.75 Å². The number of ketones is 2. The number of anilines is 1. The molecule has 0 unspecified atom stereocenters. The van der Waals surface area contributed by atoms with Crippen molar-refractivity contribution in [3.8, 4) is 5.75 Å². The van der Waals surface area contributed by atoms with E-state index in [2.05, 4.69) is 0 Å². The molecule has 4 heteroatoms. The largest absolute Gasteiger partial charge is 0.497 e. The smallest absolute Gasteiger partial charge is 0.191 e. The zero-order chi connectivity index (χ0) is 24.9. The second kappa shape index (κ2) is 10.3. The van der Waals surface area contributed by atoms with Crippen molar-refractivity contribution in [3.63, 3.8) is 0 Å². The van der Waals surface area contributed by atoms with E-state index in [1.54, 1.807) is 31.4 Å². The molecular weight excluding hydrogens is 446 g/mol. The molecule has 1 aliphatic heterocycles. The molecule has 0 bridgehead atoms. The maximum absolute atomic E-state index is 13.9. The molecule has 1 aliphatic rings. The van der Waals surface area contributed by atoms with Crippen molar-refractivity contribution in [1.82, 2.24) is 0 Å². The van der Waals surface area contributed by atoms with Crippen molar-refractivity contribution in [3.05, 3.63) is 155 Å². The first kappa shape index (κ1) is 23.1. The van der Waals surface area contributed by atoms with Gasteiger partial charge in [-0.05, 0) is 29.8 Å². The van der Waals surface area contributed by atoms with Gasteiger partial charge in [0.1, 0.15) is 5.75 Å². The Kier molecular flexibility index (Phi) is 6.59. The lowest BCUT2D eigenvalue weighted by Gasteiger charge is -2.31. The summed E-state index contributed by atoms with van der Waals surface area (Å²) in [6.45, 7) is 0. The summed E-state index contributed by atoms with van der Waals surface area (Å²) < 4.78 is 5.31. The molecule has 0 aliphatic carbocycles. The Labute approximate surface area is 210 Å². The number of carbonyl (C=O) groups is 2. The first-order valence-electron chi connectivity index (χ1n) is 11.8. The second-order valence-electron chi connectivity index (χ2n) is 8.51. The van der Waals surface area contributed by atoms with E-state index in [1.165, 1.54) is 0 Å². The molecule has 5 rings (SSSR count). The van der Waals surface area contributed by atoms with Gasteiger partial charge in [0.25, 0.3) is 0 Å². The number of hydrogen-bond donors (Lipinski definition) is 0. The number of nitrogens with zero attached hydrogens (tertiary/aromatic N) is 1. The van der Waals surface area contributed by atoms with Crippen LogP contribution >= 0.6 is 0 Å². The average Bonchev–Trinajstić information content (AvgIpc) is 2.97. The van der Waals surface area contributed by atoms with Gasteiger partial charge in [-0.3, -0.25) is 9.59 Å². The van der Waals surface area contributed by atoms with Gasteiger partial charge in [-0.15, -0.1) is 0 Å². The molecule has 0 atom stereocenters. The zero-order valence-corrected chi connectivity index (χ0v) is 19.9. The van der Waals surface area contributed by atoms with Crippen molar-refractivity contribution >= 4 is 17.3 Å². The maximum Gasteiger partial charge on any atom is 0.191 e. The number of methoxy groups -OCH3 is 1. The van der Waals surface area contributed by atoms with Crippen LogP contribution in [-0.2, 0) is 0 Å². The van der Waals surface area contributed by atoms with Crippen molar-refractivity contribution in [1.29, 1.82) is 0 Å². The topological polar surface area (TPSA) is 46.6 Å². The number of Topliss-reactive ketones (excluding diaryl/α,β-unsaturated/α-hetero) is 2. The standard InChI is InChI=1S/C32H25NO3/c1-36-27-19-17-26(18-20-27)33-21-28(31(34)24-13-7-3-8-14-24)30(23-11-5-2-6-12-23)29(22-33)32(35)25-15-9-4-10-16-25/h2-22,30H,1H3. The Morgan fingerprint density at radius 2 is 1.06 bits per heavy atom. The molecule has 0 radical (unpaired) electrons. The first-order valence-corrected chi connectivity index (χ1v) is 11.8. The van der Waals surface area contributed by atoms with Crippen molar-refractivity contribution in [2.45, 2.75) is 5.92 Å². The first-order chi connectivity index (χ1) is 17.7. The Morgan fingerprint density at radius 3 is 1.50 bits per heavy atom. The summed E-state index contributed by atoms with van der Waals surface area (Å²) in [5.41, 5.74) is 3.92. The summed E-state index contributed by atoms with van der Waals surface area (Å²) in [7, 11) is 1.62. The molecule has 0 fully saturated rings. The van der Waals surface area contributed by atoms with Gasteiger partial charge in [0, 0.05) is 46.3 Å². The Bertz CT molecular complexity index is 1350. The van der Waals surface area contributed by atoms with Crippen LogP contribution in [-0.4, -0.2) is 18.7 Å². The fourth-order valence-corrected chi connectivity index (χ4v) is 4.45. The molecule has 0 amide bonds. The van der Waals surface area contributed by atoms with Gasteiger partial charge in [-0.25, -0.2) is 0 Å². The van der Waals surface area contributed by atoms with Crippen LogP contribution in [0, 0.1) is 0 Å². The molecule has 0 saturated carbocycles. The number of allylic oxidation sites excluding steroid dienone is 2. The highest BCUT2D eigenvalue weighted by Crippen LogP contribution is 2.40. The van der Waals surface area contributed by atoms with Gasteiger partial charge in [-0.2, -0.15) is 0 Å². The zero-order valence-electron chi connectivity index (χ0n) is 19.9. The fourth-order valence-electron chi connectivity index (χ4n) is 4.45. The summed E-state index contributed by atoms with van der Waals surface area (Å²) in [5.74, 6) is -0.0167. The van der Waals surface area contributed by atoms with Crippen LogP contribution < -0.4 is 9.64 Å². The maximum atomic E-state index is 13.9. The molecule has 4 aromatic rings. The predicted octanol–water partition coefficient (Wildman–Crippen LogP) is 6.83. The van der Waals surface area contributed by atoms with Gasteiger partial charge in [-0.1, -0.05) is 91.0 Å². The molecule has 0 spiro atoms. The van der Waals surface area contributed by atoms with Gasteiger partial charge in [0.2, 0.25) is 0 Å². The summed E-state index contributed by atoms with van der Waals surface area (Å²) in [6, 6.07) is 35.6. The third-order valence-electron chi connectivity index (χ3n) is 6.28. The van der Waals surface area contributed by atoms with Gasteiger partial charge in [0.15, 0.2) is 11.6 Å². The minimum atomic E-state index is -0.513. The monoisotopic (exact) mass is 471 g/mol. The van der Waals surface area contributed by atoms with Crippen LogP contribution in [0.3, 0.4) is 0 Å². The van der Waals surface area contributed by atoms with Crippen LogP contribution in [0.25, 0.3) is 0 Å². The molecule has 36 heavy (non-hydrogen) atoms. The Morgan fingerprint density at radius 1 is 0.611 bits per heavy atom. The van der Waals surface area contributed by atoms with E-state index in [-0.39, 0.29) is 11.6 Å². The van der Waals surface area contributed by atoms with Crippen LogP contribution in [0.1, 0.15) is 32.2 Å². The number of carbonyl (C=O) groups excluding carboxylic acids is 2. The van der Waals surface area contributed by atoms with Crippen LogP contribution in [0.4, 0.5) is 5.69 Å².